The Hall–Kier alpha value is -7.36. The second kappa shape index (κ2) is 11.3. The van der Waals surface area contributed by atoms with Gasteiger partial charge in [-0.1, -0.05) is 121 Å². The fourth-order valence-corrected chi connectivity index (χ4v) is 8.44. The van der Waals surface area contributed by atoms with Gasteiger partial charge in [-0.15, -0.1) is 0 Å². The summed E-state index contributed by atoms with van der Waals surface area (Å²) in [5, 5.41) is 11.8. The van der Waals surface area contributed by atoms with Gasteiger partial charge in [0.15, 0.2) is 17.5 Å². The highest BCUT2D eigenvalue weighted by atomic mass is 16.5. The van der Waals surface area contributed by atoms with Crippen LogP contribution in [0.2, 0.25) is 0 Å². The van der Waals surface area contributed by atoms with E-state index >= 15 is 0 Å². The van der Waals surface area contributed by atoms with Crippen LogP contribution in [0, 0.1) is 11.3 Å². The van der Waals surface area contributed by atoms with Crippen LogP contribution in [-0.4, -0.2) is 15.0 Å². The lowest BCUT2D eigenvalue weighted by molar-refractivity contribution is 0.431. The molecule has 1 atom stereocenters. The summed E-state index contributed by atoms with van der Waals surface area (Å²) in [5.41, 5.74) is 12.2. The van der Waals surface area contributed by atoms with Gasteiger partial charge in [-0.25, -0.2) is 15.0 Å². The number of nitrogens with zero attached hydrogens (tertiary/aromatic N) is 4. The Morgan fingerprint density at radius 2 is 1.17 bits per heavy atom. The molecule has 11 rings (SSSR count). The Morgan fingerprint density at radius 3 is 1.98 bits per heavy atom. The maximum atomic E-state index is 9.60. The predicted octanol–water partition coefficient (Wildman–Crippen LogP) is 11.8. The molecule has 54 heavy (non-hydrogen) atoms. The van der Waals surface area contributed by atoms with Crippen molar-refractivity contribution < 1.29 is 9.15 Å². The number of benzene rings is 7. The van der Waals surface area contributed by atoms with Crippen molar-refractivity contribution in [2.75, 3.05) is 0 Å². The van der Waals surface area contributed by atoms with Crippen molar-refractivity contribution in [3.8, 4) is 74.0 Å². The van der Waals surface area contributed by atoms with Gasteiger partial charge >= 0.3 is 0 Å². The van der Waals surface area contributed by atoms with Crippen LogP contribution in [0.4, 0.5) is 0 Å². The average molecular weight is 693 g/mol. The van der Waals surface area contributed by atoms with Crippen LogP contribution < -0.4 is 4.74 Å². The van der Waals surface area contributed by atoms with Crippen molar-refractivity contribution in [1.29, 1.82) is 5.26 Å². The van der Waals surface area contributed by atoms with Gasteiger partial charge in [0.2, 0.25) is 0 Å². The van der Waals surface area contributed by atoms with Crippen LogP contribution >= 0.6 is 0 Å². The van der Waals surface area contributed by atoms with Gasteiger partial charge < -0.3 is 9.15 Å². The smallest absolute Gasteiger partial charge is 0.164 e. The van der Waals surface area contributed by atoms with E-state index < -0.39 is 5.41 Å². The molecule has 6 nitrogen and oxygen atoms in total. The highest BCUT2D eigenvalue weighted by molar-refractivity contribution is 6.09. The number of hydrogen-bond donors (Lipinski definition) is 0. The molecular formula is C48H28N4O2. The third kappa shape index (κ3) is 4.36. The zero-order chi connectivity index (χ0) is 36.0. The fraction of sp³-hybridized carbons (Fsp3) is 0.0417. The van der Waals surface area contributed by atoms with Crippen molar-refractivity contribution in [2.24, 2.45) is 0 Å². The Labute approximate surface area is 310 Å². The Morgan fingerprint density at radius 1 is 0.519 bits per heavy atom. The summed E-state index contributed by atoms with van der Waals surface area (Å²) >= 11 is 0. The topological polar surface area (TPSA) is 84.8 Å². The zero-order valence-electron chi connectivity index (χ0n) is 29.0. The van der Waals surface area contributed by atoms with E-state index in [0.29, 0.717) is 28.8 Å². The van der Waals surface area contributed by atoms with E-state index in [-0.39, 0.29) is 0 Å². The molecule has 6 heteroatoms. The molecule has 252 valence electrons. The molecule has 0 bridgehead atoms. The zero-order valence-corrected chi connectivity index (χ0v) is 29.0. The standard InChI is InChI=1S/C48H28N4O2/c1-48-38-24-22-32(26-37(38)35-13-8-16-41(43(35)48)53-42-25-28(27-49)17-23-39(42)48)47-51-45(30-9-3-2-4-10-30)50-46(52-47)31-20-18-29(19-21-31)33-12-7-14-36-34-11-5-6-15-40(34)54-44(33)36/h2-26H,1H3. The lowest BCUT2D eigenvalue weighted by Crippen LogP contribution is -2.26. The Balaban J connectivity index is 1.04. The van der Waals surface area contributed by atoms with Crippen molar-refractivity contribution in [3.63, 3.8) is 0 Å². The SMILES string of the molecule is CC12c3ccc(C#N)cc3Oc3cccc(c31)-c1cc(-c3nc(-c4ccccc4)nc(-c4ccc(-c5cccc6c5oc5ccccc56)cc4)n3)ccc12. The molecule has 0 saturated carbocycles. The first-order chi connectivity index (χ1) is 26.6. The van der Waals surface area contributed by atoms with Crippen molar-refractivity contribution in [1.82, 2.24) is 15.0 Å². The number of fused-ring (bicyclic) bond motifs is 8. The van der Waals surface area contributed by atoms with E-state index in [9.17, 15) is 5.26 Å². The van der Waals surface area contributed by atoms with Gasteiger partial charge in [0.25, 0.3) is 0 Å². The van der Waals surface area contributed by atoms with Crippen LogP contribution in [0.5, 0.6) is 11.5 Å². The van der Waals surface area contributed by atoms with E-state index in [4.69, 9.17) is 24.1 Å². The average Bonchev–Trinajstić information content (AvgIpc) is 3.74. The molecule has 9 aromatic rings. The summed E-state index contributed by atoms with van der Waals surface area (Å²) in [6, 6.07) is 53.5. The van der Waals surface area contributed by atoms with Gasteiger partial charge in [0.1, 0.15) is 22.7 Å². The molecule has 1 aliphatic carbocycles. The van der Waals surface area contributed by atoms with Crippen molar-refractivity contribution >= 4 is 21.9 Å². The second-order valence-corrected chi connectivity index (χ2v) is 14.0. The van der Waals surface area contributed by atoms with Crippen molar-refractivity contribution in [2.45, 2.75) is 12.3 Å². The summed E-state index contributed by atoms with van der Waals surface area (Å²) < 4.78 is 12.8. The molecular weight excluding hydrogens is 665 g/mol. The predicted molar refractivity (Wildman–Crippen MR) is 211 cm³/mol. The molecule has 3 heterocycles. The van der Waals surface area contributed by atoms with Crippen LogP contribution in [0.25, 0.3) is 78.4 Å². The summed E-state index contributed by atoms with van der Waals surface area (Å²) in [6.07, 6.45) is 0. The molecule has 1 aliphatic heterocycles. The van der Waals surface area contributed by atoms with Crippen LogP contribution in [0.3, 0.4) is 0 Å². The number of para-hydroxylation sites is 2. The third-order valence-corrected chi connectivity index (χ3v) is 11.0. The Bertz CT molecular complexity index is 3050. The molecule has 7 aromatic carbocycles. The van der Waals surface area contributed by atoms with Crippen LogP contribution in [0.1, 0.15) is 29.2 Å². The van der Waals surface area contributed by atoms with Crippen LogP contribution in [0.15, 0.2) is 156 Å². The van der Waals surface area contributed by atoms with E-state index in [1.54, 1.807) is 0 Å². The van der Waals surface area contributed by atoms with E-state index in [1.165, 1.54) is 5.56 Å². The van der Waals surface area contributed by atoms with E-state index in [0.717, 1.165) is 77.8 Å². The number of furan rings is 1. The number of ether oxygens (including phenoxy) is 1. The van der Waals surface area contributed by atoms with Gasteiger partial charge in [0.05, 0.1) is 17.0 Å². The lowest BCUT2D eigenvalue weighted by atomic mass is 9.72. The third-order valence-electron chi connectivity index (χ3n) is 11.0. The van der Waals surface area contributed by atoms with Gasteiger partial charge in [-0.3, -0.25) is 0 Å². The fourth-order valence-electron chi connectivity index (χ4n) is 8.44. The minimum atomic E-state index is -0.449. The highest BCUT2D eigenvalue weighted by Gasteiger charge is 2.47. The van der Waals surface area contributed by atoms with E-state index in [1.807, 2.05) is 78.9 Å². The molecule has 0 spiro atoms. The molecule has 0 radical (unpaired) electrons. The van der Waals surface area contributed by atoms with Crippen molar-refractivity contribution in [3.05, 3.63) is 174 Å². The maximum absolute atomic E-state index is 9.60. The number of nitriles is 1. The largest absolute Gasteiger partial charge is 0.457 e. The maximum Gasteiger partial charge on any atom is 0.164 e. The van der Waals surface area contributed by atoms with E-state index in [2.05, 4.69) is 85.8 Å². The first-order valence-electron chi connectivity index (χ1n) is 17.9. The number of hydrogen-bond acceptors (Lipinski definition) is 6. The highest BCUT2D eigenvalue weighted by Crippen LogP contribution is 2.60. The monoisotopic (exact) mass is 692 g/mol. The molecule has 0 saturated heterocycles. The summed E-state index contributed by atoms with van der Waals surface area (Å²) in [6.45, 7) is 2.25. The normalized spacial score (nSPS) is 15.0. The quantitative estimate of drug-likeness (QED) is 0.182. The summed E-state index contributed by atoms with van der Waals surface area (Å²) in [4.78, 5) is 15.2. The molecule has 0 amide bonds. The van der Waals surface area contributed by atoms with Gasteiger partial charge in [-0.2, -0.15) is 5.26 Å². The molecule has 0 N–H and O–H groups in total. The molecule has 2 aliphatic rings. The second-order valence-electron chi connectivity index (χ2n) is 14.0. The first kappa shape index (κ1) is 30.3. The molecule has 2 aromatic heterocycles. The summed E-state index contributed by atoms with van der Waals surface area (Å²) in [7, 11) is 0. The molecule has 0 fully saturated rings. The van der Waals surface area contributed by atoms with Crippen LogP contribution in [-0.2, 0) is 5.41 Å². The molecule has 1 unspecified atom stereocenters. The van der Waals surface area contributed by atoms with Gasteiger partial charge in [-0.05, 0) is 59.5 Å². The van der Waals surface area contributed by atoms with Gasteiger partial charge in [0, 0.05) is 44.2 Å². The summed E-state index contributed by atoms with van der Waals surface area (Å²) in [5.74, 6) is 3.31. The Kier molecular flexibility index (Phi) is 6.35. The number of aromatic nitrogens is 3. The lowest BCUT2D eigenvalue weighted by Gasteiger charge is -2.35. The number of rotatable bonds is 4. The minimum Gasteiger partial charge on any atom is -0.457 e. The first-order valence-corrected chi connectivity index (χ1v) is 17.9. The minimum absolute atomic E-state index is 0.449.